The minimum Gasteiger partial charge on any atom is -0.207 e. The van der Waals surface area contributed by atoms with Gasteiger partial charge in [-0.2, -0.15) is 22.7 Å². The number of hydrogen-bond acceptors (Lipinski definition) is 3. The van der Waals surface area contributed by atoms with E-state index in [0.29, 0.717) is 10.4 Å². The summed E-state index contributed by atoms with van der Waals surface area (Å²) in [5.41, 5.74) is -1.67. The molecule has 0 aromatic heterocycles. The van der Waals surface area contributed by atoms with Gasteiger partial charge >= 0.3 is 6.18 Å². The first kappa shape index (κ1) is 16.4. The zero-order valence-corrected chi connectivity index (χ0v) is 11.3. The van der Waals surface area contributed by atoms with Gasteiger partial charge in [0.1, 0.15) is 11.9 Å². The fourth-order valence-corrected chi connectivity index (χ4v) is 2.64. The Labute approximate surface area is 113 Å². The minimum absolute atomic E-state index is 0.214. The van der Waals surface area contributed by atoms with Crippen LogP contribution in [0.25, 0.3) is 0 Å². The predicted octanol–water partition coefficient (Wildman–Crippen LogP) is 2.38. The number of rotatable bonds is 3. The van der Waals surface area contributed by atoms with Crippen LogP contribution in [0.15, 0.2) is 23.1 Å². The van der Waals surface area contributed by atoms with E-state index in [1.54, 1.807) is 6.07 Å². The number of halogens is 4. The van der Waals surface area contributed by atoms with Crippen molar-refractivity contribution >= 4 is 10.0 Å². The molecule has 1 aromatic rings. The van der Waals surface area contributed by atoms with Crippen LogP contribution in [0.2, 0.25) is 0 Å². The molecule has 0 aliphatic heterocycles. The average Bonchev–Trinajstić information content (AvgIpc) is 2.35. The second kappa shape index (κ2) is 5.38. The average molecular weight is 310 g/mol. The molecule has 0 N–H and O–H groups in total. The SMILES string of the molecule is C[C@H](C#N)N(C)S(=O)(=O)c1ccc(F)c(C(F)(F)F)c1. The molecule has 0 aliphatic carbocycles. The van der Waals surface area contributed by atoms with E-state index in [4.69, 9.17) is 5.26 Å². The quantitative estimate of drug-likeness (QED) is 0.805. The summed E-state index contributed by atoms with van der Waals surface area (Å²) in [5, 5.41) is 8.65. The number of sulfonamides is 1. The van der Waals surface area contributed by atoms with Crippen LogP contribution in [-0.2, 0) is 16.2 Å². The molecule has 9 heteroatoms. The molecule has 0 heterocycles. The van der Waals surface area contributed by atoms with Gasteiger partial charge in [-0.05, 0) is 25.1 Å². The van der Waals surface area contributed by atoms with Crippen LogP contribution in [0, 0.1) is 17.1 Å². The van der Waals surface area contributed by atoms with E-state index in [1.807, 2.05) is 0 Å². The fourth-order valence-electron chi connectivity index (χ4n) is 1.34. The van der Waals surface area contributed by atoms with Crippen LogP contribution in [0.1, 0.15) is 12.5 Å². The molecule has 20 heavy (non-hydrogen) atoms. The second-order valence-corrected chi connectivity index (χ2v) is 5.96. The predicted molar refractivity (Wildman–Crippen MR) is 61.4 cm³/mol. The van der Waals surface area contributed by atoms with E-state index in [1.165, 1.54) is 6.92 Å². The van der Waals surface area contributed by atoms with Crippen LogP contribution in [0.5, 0.6) is 0 Å². The first-order valence-electron chi connectivity index (χ1n) is 5.26. The van der Waals surface area contributed by atoms with Crippen molar-refractivity contribution in [2.75, 3.05) is 7.05 Å². The normalized spacial score (nSPS) is 14.1. The van der Waals surface area contributed by atoms with Gasteiger partial charge in [0.15, 0.2) is 0 Å². The van der Waals surface area contributed by atoms with Crippen LogP contribution in [-0.4, -0.2) is 25.8 Å². The lowest BCUT2D eigenvalue weighted by atomic mass is 10.2. The Balaban J connectivity index is 3.39. The third-order valence-electron chi connectivity index (χ3n) is 2.65. The van der Waals surface area contributed by atoms with Crippen LogP contribution in [0.4, 0.5) is 17.6 Å². The van der Waals surface area contributed by atoms with Crippen molar-refractivity contribution < 1.29 is 26.0 Å². The summed E-state index contributed by atoms with van der Waals surface area (Å²) in [6.45, 7) is 1.27. The van der Waals surface area contributed by atoms with Gasteiger partial charge in [0.05, 0.1) is 16.5 Å². The lowest BCUT2D eigenvalue weighted by molar-refractivity contribution is -0.140. The Kier molecular flexibility index (Phi) is 4.41. The molecular weight excluding hydrogens is 300 g/mol. The maximum atomic E-state index is 13.1. The van der Waals surface area contributed by atoms with Gasteiger partial charge in [-0.25, -0.2) is 12.8 Å². The minimum atomic E-state index is -5.00. The topological polar surface area (TPSA) is 61.2 Å². The van der Waals surface area contributed by atoms with Crippen LogP contribution in [0.3, 0.4) is 0 Å². The zero-order valence-electron chi connectivity index (χ0n) is 10.4. The monoisotopic (exact) mass is 310 g/mol. The Bertz CT molecular complexity index is 649. The van der Waals surface area contributed by atoms with Crippen molar-refractivity contribution in [3.63, 3.8) is 0 Å². The van der Waals surface area contributed by atoms with Gasteiger partial charge in [0, 0.05) is 7.05 Å². The number of alkyl halides is 3. The molecule has 0 unspecified atom stereocenters. The molecular formula is C11H10F4N2O2S. The van der Waals surface area contributed by atoms with Crippen molar-refractivity contribution in [2.45, 2.75) is 24.0 Å². The highest BCUT2D eigenvalue weighted by Gasteiger charge is 2.36. The highest BCUT2D eigenvalue weighted by Crippen LogP contribution is 2.33. The molecule has 0 saturated heterocycles. The number of nitriles is 1. The van der Waals surface area contributed by atoms with Gasteiger partial charge in [-0.1, -0.05) is 0 Å². The molecule has 0 amide bonds. The van der Waals surface area contributed by atoms with Crippen molar-refractivity contribution in [1.82, 2.24) is 4.31 Å². The van der Waals surface area contributed by atoms with E-state index in [-0.39, 0.29) is 6.07 Å². The Morgan fingerprint density at radius 2 is 1.90 bits per heavy atom. The van der Waals surface area contributed by atoms with Gasteiger partial charge in [-0.3, -0.25) is 0 Å². The number of benzene rings is 1. The lowest BCUT2D eigenvalue weighted by Crippen LogP contribution is -2.34. The van der Waals surface area contributed by atoms with E-state index in [2.05, 4.69) is 0 Å². The molecule has 0 spiro atoms. The van der Waals surface area contributed by atoms with Crippen molar-refractivity contribution in [2.24, 2.45) is 0 Å². The van der Waals surface area contributed by atoms with Gasteiger partial charge in [0.25, 0.3) is 0 Å². The van der Waals surface area contributed by atoms with Gasteiger partial charge in [-0.15, -0.1) is 0 Å². The van der Waals surface area contributed by atoms with Crippen LogP contribution < -0.4 is 0 Å². The second-order valence-electron chi connectivity index (χ2n) is 3.97. The third kappa shape index (κ3) is 3.08. The molecule has 0 radical (unpaired) electrons. The zero-order chi connectivity index (χ0) is 15.7. The highest BCUT2D eigenvalue weighted by atomic mass is 32.2. The molecule has 1 atom stereocenters. The number of hydrogen-bond donors (Lipinski definition) is 0. The summed E-state index contributed by atoms with van der Waals surface area (Å²) in [5.74, 6) is -1.56. The van der Waals surface area contributed by atoms with Crippen molar-refractivity contribution in [3.05, 3.63) is 29.6 Å². The fraction of sp³-hybridized carbons (Fsp3) is 0.364. The summed E-state index contributed by atoms with van der Waals surface area (Å²) in [6.07, 6.45) is -5.00. The smallest absolute Gasteiger partial charge is 0.207 e. The van der Waals surface area contributed by atoms with Gasteiger partial charge < -0.3 is 0 Å². The summed E-state index contributed by atoms with van der Waals surface area (Å²) in [7, 11) is -3.25. The summed E-state index contributed by atoms with van der Waals surface area (Å²) in [6, 6.07) is 1.94. The standard InChI is InChI=1S/C11H10F4N2O2S/c1-7(6-16)17(2)20(18,19)8-3-4-10(12)9(5-8)11(13,14)15/h3-5,7H,1-2H3/t7-/m1/s1. The van der Waals surface area contributed by atoms with E-state index in [9.17, 15) is 26.0 Å². The first-order chi connectivity index (χ1) is 9.01. The molecule has 1 aromatic carbocycles. The molecule has 110 valence electrons. The van der Waals surface area contributed by atoms with E-state index in [0.717, 1.165) is 13.1 Å². The highest BCUT2D eigenvalue weighted by molar-refractivity contribution is 7.89. The number of nitrogens with zero attached hydrogens (tertiary/aromatic N) is 2. The summed E-state index contributed by atoms with van der Waals surface area (Å²) in [4.78, 5) is -0.726. The Hall–Kier alpha value is -1.66. The van der Waals surface area contributed by atoms with Crippen molar-refractivity contribution in [3.8, 4) is 6.07 Å². The molecule has 0 aliphatic rings. The molecule has 4 nitrogen and oxygen atoms in total. The molecule has 0 bridgehead atoms. The van der Waals surface area contributed by atoms with E-state index < -0.39 is 38.5 Å². The largest absolute Gasteiger partial charge is 0.419 e. The van der Waals surface area contributed by atoms with E-state index >= 15 is 0 Å². The Morgan fingerprint density at radius 3 is 2.35 bits per heavy atom. The summed E-state index contributed by atoms with van der Waals surface area (Å²) >= 11 is 0. The lowest BCUT2D eigenvalue weighted by Gasteiger charge is -2.19. The maximum absolute atomic E-state index is 13.1. The molecule has 1 rings (SSSR count). The van der Waals surface area contributed by atoms with Crippen LogP contribution >= 0.6 is 0 Å². The first-order valence-corrected chi connectivity index (χ1v) is 6.70. The molecule has 0 fully saturated rings. The van der Waals surface area contributed by atoms with Crippen molar-refractivity contribution in [1.29, 1.82) is 5.26 Å². The summed E-state index contributed by atoms with van der Waals surface area (Å²) < 4.78 is 75.4. The maximum Gasteiger partial charge on any atom is 0.419 e. The molecule has 0 saturated carbocycles. The third-order valence-corrected chi connectivity index (χ3v) is 4.58. The Morgan fingerprint density at radius 1 is 1.35 bits per heavy atom. The van der Waals surface area contributed by atoms with Gasteiger partial charge in [0.2, 0.25) is 10.0 Å².